The fourth-order valence-electron chi connectivity index (χ4n) is 4.68. The van der Waals surface area contributed by atoms with Crippen LogP contribution >= 0.6 is 0 Å². The molecule has 0 unspecified atom stereocenters. The van der Waals surface area contributed by atoms with Crippen LogP contribution in [-0.4, -0.2) is 68.1 Å². The normalized spacial score (nSPS) is 20.3. The molecule has 2 aliphatic rings. The van der Waals surface area contributed by atoms with Gasteiger partial charge in [0.05, 0.1) is 47.8 Å². The molecule has 0 atom stereocenters. The summed E-state index contributed by atoms with van der Waals surface area (Å²) in [5.41, 5.74) is 1.57. The third-order valence-electron chi connectivity index (χ3n) is 6.49. The summed E-state index contributed by atoms with van der Waals surface area (Å²) in [6, 6.07) is 9.49. The second-order valence-corrected chi connectivity index (χ2v) is 11.0. The summed E-state index contributed by atoms with van der Waals surface area (Å²) in [6.45, 7) is 2.70. The summed E-state index contributed by atoms with van der Waals surface area (Å²) in [6.07, 6.45) is 7.53. The highest BCUT2D eigenvalue weighted by Crippen LogP contribution is 2.33. The maximum atomic E-state index is 11.8. The van der Waals surface area contributed by atoms with Gasteiger partial charge >= 0.3 is 0 Å². The zero-order valence-electron chi connectivity index (χ0n) is 20.6. The molecule has 5 rings (SSSR count). The largest absolute Gasteiger partial charge is 0.474 e. The molecule has 11 nitrogen and oxygen atoms in total. The first-order valence-corrected chi connectivity index (χ1v) is 14.2. The van der Waals surface area contributed by atoms with Crippen molar-refractivity contribution in [2.45, 2.75) is 37.8 Å². The average molecular weight is 524 g/mol. The average Bonchev–Trinajstić information content (AvgIpc) is 2.90. The molecule has 0 amide bonds. The number of pyridine rings is 3. The summed E-state index contributed by atoms with van der Waals surface area (Å²) in [5.74, 6) is 1.81. The summed E-state index contributed by atoms with van der Waals surface area (Å²) >= 11 is 0. The van der Waals surface area contributed by atoms with Crippen molar-refractivity contribution in [3.05, 3.63) is 42.2 Å². The van der Waals surface area contributed by atoms with Gasteiger partial charge in [0.2, 0.25) is 15.9 Å². The summed E-state index contributed by atoms with van der Waals surface area (Å²) < 4.78 is 37.9. The van der Waals surface area contributed by atoms with Gasteiger partial charge in [-0.05, 0) is 43.9 Å². The van der Waals surface area contributed by atoms with E-state index in [4.69, 9.17) is 14.5 Å². The molecule has 4 heterocycles. The lowest BCUT2D eigenvalue weighted by molar-refractivity contribution is 0.122. The molecule has 12 heteroatoms. The van der Waals surface area contributed by atoms with Gasteiger partial charge in [-0.1, -0.05) is 0 Å². The molecular formula is C25H29N7O4S. The molecule has 2 fully saturated rings. The molecule has 1 saturated heterocycles. The van der Waals surface area contributed by atoms with Crippen molar-refractivity contribution in [3.63, 3.8) is 0 Å². The highest BCUT2D eigenvalue weighted by atomic mass is 32.2. The number of hydrogen-bond acceptors (Lipinski definition) is 10. The molecule has 1 aliphatic heterocycles. The van der Waals surface area contributed by atoms with Crippen molar-refractivity contribution in [1.82, 2.24) is 15.0 Å². The number of nitrogens with one attached hydrogen (secondary N) is 2. The van der Waals surface area contributed by atoms with Crippen LogP contribution in [0.15, 0.2) is 36.7 Å². The number of sulfonamides is 1. The van der Waals surface area contributed by atoms with E-state index in [1.807, 2.05) is 6.07 Å². The van der Waals surface area contributed by atoms with E-state index in [1.54, 1.807) is 24.4 Å². The Morgan fingerprint density at radius 2 is 1.95 bits per heavy atom. The Labute approximate surface area is 215 Å². The van der Waals surface area contributed by atoms with E-state index in [0.29, 0.717) is 47.1 Å². The van der Waals surface area contributed by atoms with Crippen molar-refractivity contribution in [2.24, 2.45) is 0 Å². The molecule has 37 heavy (non-hydrogen) atoms. The van der Waals surface area contributed by atoms with Crippen LogP contribution in [0.3, 0.4) is 0 Å². The van der Waals surface area contributed by atoms with Gasteiger partial charge in [0, 0.05) is 31.4 Å². The maximum absolute atomic E-state index is 11.8. The minimum atomic E-state index is -3.45. The smallest absolute Gasteiger partial charge is 0.229 e. The van der Waals surface area contributed by atoms with Crippen LogP contribution in [0.4, 0.5) is 17.3 Å². The second kappa shape index (κ2) is 10.7. The number of nitriles is 1. The number of fused-ring (bicyclic) bond motifs is 1. The van der Waals surface area contributed by atoms with Crippen molar-refractivity contribution in [3.8, 4) is 11.9 Å². The van der Waals surface area contributed by atoms with E-state index < -0.39 is 10.0 Å². The highest BCUT2D eigenvalue weighted by molar-refractivity contribution is 7.92. The lowest BCUT2D eigenvalue weighted by Crippen LogP contribution is -2.37. The first-order chi connectivity index (χ1) is 17.9. The molecule has 0 radical (unpaired) electrons. The molecule has 0 aromatic carbocycles. The van der Waals surface area contributed by atoms with Crippen LogP contribution in [0.2, 0.25) is 0 Å². The van der Waals surface area contributed by atoms with E-state index in [-0.39, 0.29) is 12.1 Å². The fraction of sp³-hybridized carbons (Fsp3) is 0.440. The van der Waals surface area contributed by atoms with Crippen molar-refractivity contribution >= 4 is 38.2 Å². The van der Waals surface area contributed by atoms with Gasteiger partial charge < -0.3 is 19.7 Å². The van der Waals surface area contributed by atoms with Crippen LogP contribution in [0.1, 0.15) is 31.2 Å². The Balaban J connectivity index is 1.36. The molecule has 3 aromatic rings. The third-order valence-corrected chi connectivity index (χ3v) is 7.10. The summed E-state index contributed by atoms with van der Waals surface area (Å²) in [7, 11) is -3.45. The van der Waals surface area contributed by atoms with Gasteiger partial charge in [-0.15, -0.1) is 0 Å². The molecule has 0 spiro atoms. The molecule has 0 bridgehead atoms. The van der Waals surface area contributed by atoms with Gasteiger partial charge in [0.15, 0.2) is 0 Å². The van der Waals surface area contributed by atoms with Crippen LogP contribution in [0.5, 0.6) is 5.88 Å². The third kappa shape index (κ3) is 6.18. The summed E-state index contributed by atoms with van der Waals surface area (Å²) in [4.78, 5) is 15.8. The monoisotopic (exact) mass is 523 g/mol. The predicted octanol–water partition coefficient (Wildman–Crippen LogP) is 2.91. The first-order valence-electron chi connectivity index (χ1n) is 12.3. The van der Waals surface area contributed by atoms with E-state index in [2.05, 4.69) is 31.0 Å². The number of hydrogen-bond donors (Lipinski definition) is 2. The Kier molecular flexibility index (Phi) is 7.25. The lowest BCUT2D eigenvalue weighted by atomic mass is 9.93. The lowest BCUT2D eigenvalue weighted by Gasteiger charge is -2.31. The zero-order valence-corrected chi connectivity index (χ0v) is 21.4. The molecule has 194 valence electrons. The SMILES string of the molecule is CS(=O)(=O)Nc1cnc2cc(N3CCOCC3)nc(OC3CCC(Nc4ncccc4C#N)CC3)c2c1. The number of nitrogens with zero attached hydrogens (tertiary/aromatic N) is 5. The molecule has 1 saturated carbocycles. The maximum Gasteiger partial charge on any atom is 0.229 e. The van der Waals surface area contributed by atoms with Gasteiger partial charge in [0.1, 0.15) is 23.8 Å². The topological polar surface area (TPSA) is 142 Å². The number of rotatable bonds is 7. The summed E-state index contributed by atoms with van der Waals surface area (Å²) in [5, 5.41) is 13.4. The van der Waals surface area contributed by atoms with Crippen molar-refractivity contribution < 1.29 is 17.9 Å². The standard InChI is InChI=1S/C25H29N7O4S/c1-37(33,34)31-19-13-21-22(28-16-19)14-23(32-9-11-35-12-10-32)30-25(21)36-20-6-4-18(5-7-20)29-24-17(15-26)3-2-8-27-24/h2-3,8,13-14,16,18,20,31H,4-7,9-12H2,1H3,(H,27,29). The minimum absolute atomic E-state index is 0.0561. The van der Waals surface area contributed by atoms with Gasteiger partial charge in [-0.25, -0.2) is 13.4 Å². The Morgan fingerprint density at radius 3 is 2.68 bits per heavy atom. The molecular weight excluding hydrogens is 494 g/mol. The number of aromatic nitrogens is 3. The molecule has 2 N–H and O–H groups in total. The van der Waals surface area contributed by atoms with Crippen LogP contribution in [0.25, 0.3) is 10.9 Å². The van der Waals surface area contributed by atoms with Crippen LogP contribution < -0.4 is 19.7 Å². The first kappa shape index (κ1) is 25.0. The highest BCUT2D eigenvalue weighted by Gasteiger charge is 2.25. The molecule has 3 aromatic heterocycles. The second-order valence-electron chi connectivity index (χ2n) is 9.30. The number of ether oxygens (including phenoxy) is 2. The van der Waals surface area contributed by atoms with E-state index >= 15 is 0 Å². The van der Waals surface area contributed by atoms with Gasteiger partial charge in [-0.2, -0.15) is 10.2 Å². The van der Waals surface area contributed by atoms with E-state index in [9.17, 15) is 13.7 Å². The number of morpholine rings is 1. The Morgan fingerprint density at radius 1 is 1.16 bits per heavy atom. The van der Waals surface area contributed by atoms with E-state index in [1.165, 1.54) is 6.20 Å². The minimum Gasteiger partial charge on any atom is -0.474 e. The van der Waals surface area contributed by atoms with E-state index in [0.717, 1.165) is 50.8 Å². The van der Waals surface area contributed by atoms with Crippen LogP contribution in [-0.2, 0) is 14.8 Å². The van der Waals surface area contributed by atoms with Crippen molar-refractivity contribution in [2.75, 3.05) is 47.5 Å². The quantitative estimate of drug-likeness (QED) is 0.474. The van der Waals surface area contributed by atoms with Crippen molar-refractivity contribution in [1.29, 1.82) is 5.26 Å². The molecule has 1 aliphatic carbocycles. The Hall–Kier alpha value is -3.69. The number of anilines is 3. The van der Waals surface area contributed by atoms with Gasteiger partial charge in [-0.3, -0.25) is 9.71 Å². The fourth-order valence-corrected chi connectivity index (χ4v) is 5.22. The zero-order chi connectivity index (χ0) is 25.8. The Bertz CT molecular complexity index is 1410. The van der Waals surface area contributed by atoms with Crippen LogP contribution in [0, 0.1) is 11.3 Å². The van der Waals surface area contributed by atoms with Gasteiger partial charge in [0.25, 0.3) is 0 Å². The predicted molar refractivity (Wildman–Crippen MR) is 140 cm³/mol.